The van der Waals surface area contributed by atoms with E-state index in [9.17, 15) is 9.59 Å². The van der Waals surface area contributed by atoms with Crippen LogP contribution in [0.1, 0.15) is 10.4 Å². The predicted octanol–water partition coefficient (Wildman–Crippen LogP) is 2.40. The van der Waals surface area contributed by atoms with Crippen LogP contribution in [0.3, 0.4) is 0 Å². The first-order valence-electron chi connectivity index (χ1n) is 5.19. The lowest BCUT2D eigenvalue weighted by Gasteiger charge is -2.06. The monoisotopic (exact) mass is 263 g/mol. The van der Waals surface area contributed by atoms with E-state index in [0.29, 0.717) is 0 Å². The number of carbonyl (C=O) groups is 1. The average molecular weight is 264 g/mol. The van der Waals surface area contributed by atoms with E-state index in [0.717, 1.165) is 11.1 Å². The van der Waals surface area contributed by atoms with Crippen LogP contribution < -0.4 is 5.56 Å². The molecule has 0 spiro atoms. The Labute approximate surface area is 108 Å². The van der Waals surface area contributed by atoms with Gasteiger partial charge in [0.2, 0.25) is 5.56 Å². The van der Waals surface area contributed by atoms with Gasteiger partial charge in [0.05, 0.1) is 10.6 Å². The van der Waals surface area contributed by atoms with Crippen LogP contribution in [0.4, 0.5) is 0 Å². The molecule has 0 saturated carbocycles. The summed E-state index contributed by atoms with van der Waals surface area (Å²) in [6.07, 6.45) is 1.68. The number of aromatic nitrogens is 1. The Morgan fingerprint density at radius 2 is 1.89 bits per heavy atom. The fraction of sp³-hybridized carbons (Fsp3) is 0.0769. The summed E-state index contributed by atoms with van der Waals surface area (Å²) >= 11 is 5.90. The summed E-state index contributed by atoms with van der Waals surface area (Å²) in [5.41, 5.74) is 1.52. The van der Waals surface area contributed by atoms with Gasteiger partial charge in [-0.25, -0.2) is 4.79 Å². The van der Waals surface area contributed by atoms with Crippen molar-refractivity contribution in [3.05, 3.63) is 57.5 Å². The lowest BCUT2D eigenvalue weighted by molar-refractivity contribution is 0.0697. The third-order valence-corrected chi connectivity index (χ3v) is 2.93. The first-order chi connectivity index (χ1) is 8.49. The number of carboxylic acids is 1. The van der Waals surface area contributed by atoms with Crippen LogP contribution in [-0.4, -0.2) is 15.6 Å². The molecule has 0 aliphatic rings. The maximum absolute atomic E-state index is 11.3. The van der Waals surface area contributed by atoms with Gasteiger partial charge in [0.1, 0.15) is 0 Å². The predicted molar refractivity (Wildman–Crippen MR) is 69.1 cm³/mol. The Bertz CT molecular complexity index is 676. The molecule has 4 nitrogen and oxygen atoms in total. The van der Waals surface area contributed by atoms with Gasteiger partial charge in [-0.1, -0.05) is 17.7 Å². The molecule has 1 aromatic carbocycles. The fourth-order valence-corrected chi connectivity index (χ4v) is 1.89. The molecule has 1 aromatic heterocycles. The molecule has 2 aromatic rings. The summed E-state index contributed by atoms with van der Waals surface area (Å²) < 4.78 is 1.45. The molecule has 18 heavy (non-hydrogen) atoms. The average Bonchev–Trinajstić information content (AvgIpc) is 2.32. The number of hydrogen-bond acceptors (Lipinski definition) is 2. The van der Waals surface area contributed by atoms with E-state index in [-0.39, 0.29) is 16.1 Å². The Kier molecular flexibility index (Phi) is 3.21. The summed E-state index contributed by atoms with van der Waals surface area (Å²) in [6, 6.07) is 7.81. The maximum Gasteiger partial charge on any atom is 0.337 e. The highest BCUT2D eigenvalue weighted by atomic mass is 35.5. The summed E-state index contributed by atoms with van der Waals surface area (Å²) in [6.45, 7) is 0. The fourth-order valence-electron chi connectivity index (χ4n) is 1.63. The molecule has 0 fully saturated rings. The third kappa shape index (κ3) is 2.28. The van der Waals surface area contributed by atoms with E-state index in [1.165, 1.54) is 16.7 Å². The van der Waals surface area contributed by atoms with Crippen LogP contribution in [-0.2, 0) is 7.05 Å². The number of carboxylic acid groups (broad SMARTS) is 1. The van der Waals surface area contributed by atoms with Gasteiger partial charge in [0, 0.05) is 19.3 Å². The highest BCUT2D eigenvalue weighted by molar-refractivity contribution is 6.33. The van der Waals surface area contributed by atoms with Crippen molar-refractivity contribution in [3.63, 3.8) is 0 Å². The number of halogens is 1. The highest BCUT2D eigenvalue weighted by Gasteiger charge is 2.09. The molecule has 0 unspecified atom stereocenters. The number of nitrogens with zero attached hydrogens (tertiary/aromatic N) is 1. The topological polar surface area (TPSA) is 59.3 Å². The smallest absolute Gasteiger partial charge is 0.337 e. The lowest BCUT2D eigenvalue weighted by atomic mass is 10.1. The molecule has 5 heteroatoms. The Balaban J connectivity index is 2.52. The molecule has 0 radical (unpaired) electrons. The Morgan fingerprint density at radius 3 is 2.44 bits per heavy atom. The number of hydrogen-bond donors (Lipinski definition) is 1. The van der Waals surface area contributed by atoms with Gasteiger partial charge < -0.3 is 9.67 Å². The molecule has 0 aliphatic heterocycles. The van der Waals surface area contributed by atoms with Gasteiger partial charge in [-0.2, -0.15) is 0 Å². The van der Waals surface area contributed by atoms with Crippen molar-refractivity contribution >= 4 is 17.6 Å². The molecule has 0 bridgehead atoms. The van der Waals surface area contributed by atoms with Crippen molar-refractivity contribution in [2.45, 2.75) is 0 Å². The molecular weight excluding hydrogens is 254 g/mol. The minimum atomic E-state index is -1.06. The number of benzene rings is 1. The molecule has 0 aliphatic carbocycles. The minimum Gasteiger partial charge on any atom is -0.478 e. The van der Waals surface area contributed by atoms with Crippen molar-refractivity contribution in [1.82, 2.24) is 4.57 Å². The van der Waals surface area contributed by atoms with Gasteiger partial charge in [-0.3, -0.25) is 4.79 Å². The van der Waals surface area contributed by atoms with Crippen LogP contribution in [0, 0.1) is 0 Å². The number of aromatic carboxylic acids is 1. The van der Waals surface area contributed by atoms with Gasteiger partial charge in [-0.15, -0.1) is 0 Å². The Morgan fingerprint density at radius 1 is 1.22 bits per heavy atom. The summed E-state index contributed by atoms with van der Waals surface area (Å²) in [5, 5.41) is 9.05. The zero-order valence-corrected chi connectivity index (χ0v) is 10.3. The van der Waals surface area contributed by atoms with E-state index < -0.39 is 5.97 Å². The van der Waals surface area contributed by atoms with Crippen molar-refractivity contribution in [2.24, 2.45) is 7.05 Å². The summed E-state index contributed by atoms with van der Waals surface area (Å²) in [5.74, 6) is -1.06. The van der Waals surface area contributed by atoms with Crippen molar-refractivity contribution < 1.29 is 9.90 Å². The molecule has 1 N–H and O–H groups in total. The normalized spacial score (nSPS) is 10.3. The van der Waals surface area contributed by atoms with Gasteiger partial charge in [0.15, 0.2) is 0 Å². The van der Waals surface area contributed by atoms with Crippen molar-refractivity contribution in [3.8, 4) is 11.1 Å². The van der Waals surface area contributed by atoms with Crippen LogP contribution in [0.2, 0.25) is 5.02 Å². The third-order valence-electron chi connectivity index (χ3n) is 2.62. The molecule has 0 amide bonds. The van der Waals surface area contributed by atoms with E-state index in [2.05, 4.69) is 0 Å². The second-order valence-electron chi connectivity index (χ2n) is 3.87. The lowest BCUT2D eigenvalue weighted by Crippen LogP contribution is -2.13. The minimum absolute atomic E-state index is 0.0604. The Hall–Kier alpha value is -2.07. The quantitative estimate of drug-likeness (QED) is 0.905. The van der Waals surface area contributed by atoms with E-state index >= 15 is 0 Å². The van der Waals surface area contributed by atoms with E-state index in [1.54, 1.807) is 31.4 Å². The second-order valence-corrected chi connectivity index (χ2v) is 4.27. The van der Waals surface area contributed by atoms with Gasteiger partial charge in [-0.05, 0) is 29.3 Å². The van der Waals surface area contributed by atoms with Gasteiger partial charge >= 0.3 is 5.97 Å². The zero-order chi connectivity index (χ0) is 13.3. The molecule has 0 atom stereocenters. The summed E-state index contributed by atoms with van der Waals surface area (Å²) in [4.78, 5) is 22.1. The number of pyridine rings is 1. The highest BCUT2D eigenvalue weighted by Crippen LogP contribution is 2.24. The zero-order valence-electron chi connectivity index (χ0n) is 9.55. The first-order valence-corrected chi connectivity index (χ1v) is 5.57. The maximum atomic E-state index is 11.3. The standard InChI is InChI=1S/C13H10ClNO3/c1-15-7-9(3-5-12(15)16)8-2-4-10(13(17)18)11(14)6-8/h2-7H,1H3,(H,17,18). The van der Waals surface area contributed by atoms with Crippen molar-refractivity contribution in [2.75, 3.05) is 0 Å². The molecule has 0 saturated heterocycles. The molecule has 2 rings (SSSR count). The van der Waals surface area contributed by atoms with Crippen LogP contribution in [0.25, 0.3) is 11.1 Å². The van der Waals surface area contributed by atoms with Crippen LogP contribution in [0.5, 0.6) is 0 Å². The SMILES string of the molecule is Cn1cc(-c2ccc(C(=O)O)c(Cl)c2)ccc1=O. The molecule has 1 heterocycles. The van der Waals surface area contributed by atoms with Gasteiger partial charge in [0.25, 0.3) is 0 Å². The number of rotatable bonds is 2. The summed E-state index contributed by atoms with van der Waals surface area (Å²) in [7, 11) is 1.65. The van der Waals surface area contributed by atoms with Crippen LogP contribution in [0.15, 0.2) is 41.3 Å². The van der Waals surface area contributed by atoms with Crippen LogP contribution >= 0.6 is 11.6 Å². The molecular formula is C13H10ClNO3. The first kappa shape index (κ1) is 12.4. The number of aryl methyl sites for hydroxylation is 1. The van der Waals surface area contributed by atoms with E-state index in [4.69, 9.17) is 16.7 Å². The van der Waals surface area contributed by atoms with Crippen molar-refractivity contribution in [1.29, 1.82) is 0 Å². The molecule has 92 valence electrons. The largest absolute Gasteiger partial charge is 0.478 e. The second kappa shape index (κ2) is 4.66. The van der Waals surface area contributed by atoms with E-state index in [1.807, 2.05) is 0 Å².